The molecule has 2 atom stereocenters. The zero-order valence-corrected chi connectivity index (χ0v) is 11.6. The van der Waals surface area contributed by atoms with Crippen molar-refractivity contribution in [2.45, 2.75) is 32.6 Å². The van der Waals surface area contributed by atoms with Crippen LogP contribution in [-0.2, 0) is 0 Å². The summed E-state index contributed by atoms with van der Waals surface area (Å²) in [5.74, 6) is 1.50. The first-order valence-corrected chi connectivity index (χ1v) is 6.62. The van der Waals surface area contributed by atoms with Crippen LogP contribution in [0.3, 0.4) is 0 Å². The van der Waals surface area contributed by atoms with E-state index in [1.807, 2.05) is 12.1 Å². The maximum Gasteiger partial charge on any atom is 0.122 e. The van der Waals surface area contributed by atoms with Crippen molar-refractivity contribution in [1.82, 2.24) is 0 Å². The number of aryl methyl sites for hydroxylation is 1. The van der Waals surface area contributed by atoms with Gasteiger partial charge in [-0.2, -0.15) is 0 Å². The molecule has 0 spiro atoms. The average Bonchev–Trinajstić information content (AvgIpc) is 2.41. The summed E-state index contributed by atoms with van der Waals surface area (Å²) in [6.45, 7) is 4.96. The smallest absolute Gasteiger partial charge is 0.122 e. The molecule has 1 aromatic rings. The highest BCUT2D eigenvalue weighted by molar-refractivity contribution is 5.42. The van der Waals surface area contributed by atoms with Crippen LogP contribution in [0.5, 0.6) is 5.75 Å². The number of nitrogens with two attached hydrogens (primary N) is 1. The van der Waals surface area contributed by atoms with E-state index < -0.39 is 0 Å². The van der Waals surface area contributed by atoms with Crippen molar-refractivity contribution in [1.29, 1.82) is 0 Å². The Balaban J connectivity index is 3.00. The molecule has 0 fully saturated rings. The molecule has 3 heteroatoms. The number of benzene rings is 1. The van der Waals surface area contributed by atoms with Crippen LogP contribution in [0.2, 0.25) is 0 Å². The molecule has 3 N–H and O–H groups in total. The Labute approximate surface area is 110 Å². The van der Waals surface area contributed by atoms with Crippen molar-refractivity contribution in [3.8, 4) is 5.75 Å². The van der Waals surface area contributed by atoms with Crippen LogP contribution < -0.4 is 10.5 Å². The average molecular weight is 251 g/mol. The molecule has 1 aromatic carbocycles. The monoisotopic (exact) mass is 251 g/mol. The van der Waals surface area contributed by atoms with E-state index in [9.17, 15) is 5.11 Å². The summed E-state index contributed by atoms with van der Waals surface area (Å²) in [6, 6.07) is 6.12. The van der Waals surface area contributed by atoms with E-state index in [2.05, 4.69) is 19.9 Å². The van der Waals surface area contributed by atoms with Gasteiger partial charge in [-0.1, -0.05) is 19.1 Å². The first-order chi connectivity index (χ1) is 8.67. The summed E-state index contributed by atoms with van der Waals surface area (Å²) in [4.78, 5) is 0. The fraction of sp³-hybridized carbons (Fsp3) is 0.600. The second-order valence-corrected chi connectivity index (χ2v) is 4.82. The number of methoxy groups -OCH3 is 1. The first kappa shape index (κ1) is 15.0. The third-order valence-corrected chi connectivity index (χ3v) is 3.61. The van der Waals surface area contributed by atoms with Gasteiger partial charge in [0, 0.05) is 12.2 Å². The van der Waals surface area contributed by atoms with Gasteiger partial charge in [0.05, 0.1) is 7.11 Å². The summed E-state index contributed by atoms with van der Waals surface area (Å²) in [6.07, 6.45) is 1.93. The number of hydrogen-bond donors (Lipinski definition) is 2. The first-order valence-electron chi connectivity index (χ1n) is 6.62. The van der Waals surface area contributed by atoms with E-state index in [4.69, 9.17) is 10.5 Å². The normalized spacial score (nSPS) is 14.3. The second-order valence-electron chi connectivity index (χ2n) is 4.82. The fourth-order valence-corrected chi connectivity index (χ4v) is 2.49. The van der Waals surface area contributed by atoms with Gasteiger partial charge < -0.3 is 15.6 Å². The molecular formula is C15H25NO2. The van der Waals surface area contributed by atoms with Gasteiger partial charge >= 0.3 is 0 Å². The van der Waals surface area contributed by atoms with Gasteiger partial charge in [-0.3, -0.25) is 0 Å². The lowest BCUT2D eigenvalue weighted by Gasteiger charge is -2.24. The van der Waals surface area contributed by atoms with Gasteiger partial charge in [0.25, 0.3) is 0 Å². The highest BCUT2D eigenvalue weighted by atomic mass is 16.5. The molecule has 2 unspecified atom stereocenters. The van der Waals surface area contributed by atoms with Crippen molar-refractivity contribution < 1.29 is 9.84 Å². The molecule has 0 bridgehead atoms. The number of rotatable bonds is 7. The molecule has 0 saturated heterocycles. The maximum absolute atomic E-state index is 9.30. The molecular weight excluding hydrogens is 226 g/mol. The van der Waals surface area contributed by atoms with Crippen molar-refractivity contribution in [2.24, 2.45) is 11.7 Å². The van der Waals surface area contributed by atoms with Gasteiger partial charge in [-0.05, 0) is 49.8 Å². The largest absolute Gasteiger partial charge is 0.496 e. The molecule has 0 heterocycles. The lowest BCUT2D eigenvalue weighted by atomic mass is 9.84. The van der Waals surface area contributed by atoms with E-state index in [0.717, 1.165) is 18.6 Å². The highest BCUT2D eigenvalue weighted by Gasteiger charge is 2.20. The number of aliphatic hydroxyl groups excluding tert-OH is 1. The van der Waals surface area contributed by atoms with Crippen LogP contribution in [0.1, 0.15) is 36.8 Å². The molecule has 18 heavy (non-hydrogen) atoms. The summed E-state index contributed by atoms with van der Waals surface area (Å²) in [7, 11) is 1.71. The zero-order chi connectivity index (χ0) is 13.5. The molecule has 0 radical (unpaired) electrons. The molecule has 0 saturated carbocycles. The van der Waals surface area contributed by atoms with Crippen molar-refractivity contribution in [2.75, 3.05) is 20.3 Å². The maximum atomic E-state index is 9.30. The minimum Gasteiger partial charge on any atom is -0.496 e. The van der Waals surface area contributed by atoms with E-state index in [1.165, 1.54) is 11.1 Å². The topological polar surface area (TPSA) is 55.5 Å². The minimum atomic E-state index is 0.154. The Bertz CT molecular complexity index is 362. The fourth-order valence-electron chi connectivity index (χ4n) is 2.49. The van der Waals surface area contributed by atoms with Crippen molar-refractivity contribution in [3.63, 3.8) is 0 Å². The van der Waals surface area contributed by atoms with Crippen molar-refractivity contribution in [3.05, 3.63) is 29.3 Å². The van der Waals surface area contributed by atoms with E-state index in [0.29, 0.717) is 12.5 Å². The van der Waals surface area contributed by atoms with E-state index in [1.54, 1.807) is 7.11 Å². The third kappa shape index (κ3) is 3.47. The van der Waals surface area contributed by atoms with Crippen LogP contribution in [0.25, 0.3) is 0 Å². The summed E-state index contributed by atoms with van der Waals surface area (Å²) in [5.41, 5.74) is 8.19. The molecule has 102 valence electrons. The molecule has 0 aliphatic heterocycles. The number of ether oxygens (including phenoxy) is 1. The van der Waals surface area contributed by atoms with Crippen LogP contribution in [0.4, 0.5) is 0 Å². The predicted molar refractivity (Wildman–Crippen MR) is 75.0 cm³/mol. The second kappa shape index (κ2) is 7.39. The lowest BCUT2D eigenvalue weighted by molar-refractivity contribution is 0.214. The van der Waals surface area contributed by atoms with Crippen LogP contribution in [-0.4, -0.2) is 25.4 Å². The number of aliphatic hydroxyl groups is 1. The Morgan fingerprint density at radius 1 is 1.39 bits per heavy atom. The highest BCUT2D eigenvalue weighted by Crippen LogP contribution is 2.35. The Kier molecular flexibility index (Phi) is 6.16. The SMILES string of the molecule is CCC(CC(CN)CO)c1c(C)cccc1OC. The Morgan fingerprint density at radius 3 is 2.61 bits per heavy atom. The summed E-state index contributed by atoms with van der Waals surface area (Å²) < 4.78 is 5.46. The van der Waals surface area contributed by atoms with Gasteiger partial charge in [-0.25, -0.2) is 0 Å². The molecule has 3 nitrogen and oxygen atoms in total. The van der Waals surface area contributed by atoms with E-state index >= 15 is 0 Å². The lowest BCUT2D eigenvalue weighted by Crippen LogP contribution is -2.21. The molecule has 1 rings (SSSR count). The third-order valence-electron chi connectivity index (χ3n) is 3.61. The van der Waals surface area contributed by atoms with Crippen LogP contribution >= 0.6 is 0 Å². The quantitative estimate of drug-likeness (QED) is 0.782. The van der Waals surface area contributed by atoms with Gasteiger partial charge in [0.2, 0.25) is 0 Å². The Morgan fingerprint density at radius 2 is 2.11 bits per heavy atom. The van der Waals surface area contributed by atoms with Crippen LogP contribution in [0, 0.1) is 12.8 Å². The molecule has 0 aliphatic carbocycles. The van der Waals surface area contributed by atoms with Crippen molar-refractivity contribution >= 4 is 0 Å². The van der Waals surface area contributed by atoms with Gasteiger partial charge in [0.15, 0.2) is 0 Å². The van der Waals surface area contributed by atoms with Gasteiger partial charge in [0.1, 0.15) is 5.75 Å². The molecule has 0 aromatic heterocycles. The van der Waals surface area contributed by atoms with Gasteiger partial charge in [-0.15, -0.1) is 0 Å². The predicted octanol–water partition coefficient (Wildman–Crippen LogP) is 2.45. The standard InChI is InChI=1S/C15H25NO2/c1-4-13(8-12(9-16)10-17)15-11(2)6-5-7-14(15)18-3/h5-7,12-13,17H,4,8-10,16H2,1-3H3. The summed E-state index contributed by atoms with van der Waals surface area (Å²) >= 11 is 0. The zero-order valence-electron chi connectivity index (χ0n) is 11.6. The van der Waals surface area contributed by atoms with Crippen LogP contribution in [0.15, 0.2) is 18.2 Å². The summed E-state index contributed by atoms with van der Waals surface area (Å²) in [5, 5.41) is 9.30. The number of hydrogen-bond acceptors (Lipinski definition) is 3. The minimum absolute atomic E-state index is 0.154. The molecule has 0 aliphatic rings. The van der Waals surface area contributed by atoms with E-state index in [-0.39, 0.29) is 12.5 Å². The Hall–Kier alpha value is -1.06. The molecule has 0 amide bonds.